The molecule has 4 heteroatoms. The van der Waals surface area contributed by atoms with Crippen LogP contribution in [0.3, 0.4) is 0 Å². The molecule has 62 heavy (non-hydrogen) atoms. The summed E-state index contributed by atoms with van der Waals surface area (Å²) in [5, 5.41) is 3.51. The van der Waals surface area contributed by atoms with Gasteiger partial charge in [-0.05, 0) is 79.2 Å². The Balaban J connectivity index is 0.921. The van der Waals surface area contributed by atoms with Gasteiger partial charge in [0.25, 0.3) is 0 Å². The highest BCUT2D eigenvalue weighted by molar-refractivity contribution is 6.10. The first-order valence-corrected chi connectivity index (χ1v) is 20.9. The predicted molar refractivity (Wildman–Crippen MR) is 256 cm³/mol. The number of hydrogen-bond acceptors (Lipinski definition) is 4. The lowest BCUT2D eigenvalue weighted by molar-refractivity contribution is 1.07. The van der Waals surface area contributed by atoms with Crippen LogP contribution in [0.2, 0.25) is 0 Å². The van der Waals surface area contributed by atoms with Crippen molar-refractivity contribution in [3.8, 4) is 89.8 Å². The highest BCUT2D eigenvalue weighted by Crippen LogP contribution is 2.36. The van der Waals surface area contributed by atoms with E-state index in [1.165, 1.54) is 27.6 Å². The summed E-state index contributed by atoms with van der Waals surface area (Å²) in [5.41, 5.74) is 15.3. The quantitative estimate of drug-likeness (QED) is 0.144. The van der Waals surface area contributed by atoms with E-state index < -0.39 is 0 Å². The van der Waals surface area contributed by atoms with Gasteiger partial charge in [-0.15, -0.1) is 0 Å². The minimum Gasteiger partial charge on any atom is -0.256 e. The van der Waals surface area contributed by atoms with Gasteiger partial charge in [-0.2, -0.15) is 0 Å². The third-order valence-electron chi connectivity index (χ3n) is 11.6. The summed E-state index contributed by atoms with van der Waals surface area (Å²) in [5.74, 6) is 1.88. The fourth-order valence-electron chi connectivity index (χ4n) is 8.36. The summed E-state index contributed by atoms with van der Waals surface area (Å²) in [6, 6.07) is 78.8. The molecule has 2 aromatic heterocycles. The van der Waals surface area contributed by atoms with Crippen LogP contribution in [0.25, 0.3) is 111 Å². The van der Waals surface area contributed by atoms with Crippen molar-refractivity contribution in [3.05, 3.63) is 231 Å². The van der Waals surface area contributed by atoms with Gasteiger partial charge >= 0.3 is 0 Å². The molecule has 0 fully saturated rings. The zero-order valence-corrected chi connectivity index (χ0v) is 33.7. The fraction of sp³-hybridized carbons (Fsp3) is 0. The molecule has 2 heterocycles. The second-order valence-corrected chi connectivity index (χ2v) is 15.5. The van der Waals surface area contributed by atoms with Gasteiger partial charge in [-0.3, -0.25) is 4.98 Å². The molecule has 0 aliphatic heterocycles. The zero-order valence-electron chi connectivity index (χ0n) is 33.7. The largest absolute Gasteiger partial charge is 0.256 e. The van der Waals surface area contributed by atoms with Crippen molar-refractivity contribution < 1.29 is 0 Å². The van der Waals surface area contributed by atoms with Crippen LogP contribution in [-0.2, 0) is 0 Å². The van der Waals surface area contributed by atoms with Crippen molar-refractivity contribution >= 4 is 21.7 Å². The van der Waals surface area contributed by atoms with E-state index in [1.807, 2.05) is 24.4 Å². The monoisotopic (exact) mass is 790 g/mol. The molecule has 290 valence electrons. The summed E-state index contributed by atoms with van der Waals surface area (Å²) in [4.78, 5) is 20.0. The maximum atomic E-state index is 5.10. The van der Waals surface area contributed by atoms with Crippen LogP contribution >= 0.6 is 0 Å². The Morgan fingerprint density at radius 3 is 1.23 bits per heavy atom. The third kappa shape index (κ3) is 7.20. The second-order valence-electron chi connectivity index (χ2n) is 15.5. The van der Waals surface area contributed by atoms with E-state index in [9.17, 15) is 0 Å². The number of benzene rings is 9. The topological polar surface area (TPSA) is 51.6 Å². The molecular weight excluding hydrogens is 753 g/mol. The van der Waals surface area contributed by atoms with Gasteiger partial charge in [-0.1, -0.05) is 206 Å². The summed E-state index contributed by atoms with van der Waals surface area (Å²) < 4.78 is 0. The Morgan fingerprint density at radius 2 is 0.661 bits per heavy atom. The molecule has 0 unspecified atom stereocenters. The van der Waals surface area contributed by atoms with Gasteiger partial charge in [0.15, 0.2) is 17.5 Å². The van der Waals surface area contributed by atoms with Crippen molar-refractivity contribution in [2.24, 2.45) is 0 Å². The van der Waals surface area contributed by atoms with Crippen LogP contribution in [0.15, 0.2) is 231 Å². The lowest BCUT2D eigenvalue weighted by Gasteiger charge is -2.12. The smallest absolute Gasteiger partial charge is 0.164 e. The van der Waals surface area contributed by atoms with Gasteiger partial charge in [-0.25, -0.2) is 15.0 Å². The fourth-order valence-corrected chi connectivity index (χ4v) is 8.36. The molecule has 0 amide bonds. The first-order valence-electron chi connectivity index (χ1n) is 20.9. The van der Waals surface area contributed by atoms with E-state index in [0.29, 0.717) is 17.5 Å². The maximum absolute atomic E-state index is 5.10. The molecular formula is C58H38N4. The van der Waals surface area contributed by atoms with Gasteiger partial charge in [0, 0.05) is 33.7 Å². The number of nitrogens with zero attached hydrogens (tertiary/aromatic N) is 4. The Bertz CT molecular complexity index is 3260. The summed E-state index contributed by atoms with van der Waals surface area (Å²) in [6.07, 6.45) is 1.87. The number of hydrogen-bond donors (Lipinski definition) is 0. The minimum absolute atomic E-state index is 0.622. The van der Waals surface area contributed by atoms with Crippen molar-refractivity contribution in [3.63, 3.8) is 0 Å². The molecule has 0 N–H and O–H groups in total. The van der Waals surface area contributed by atoms with E-state index in [-0.39, 0.29) is 0 Å². The van der Waals surface area contributed by atoms with E-state index in [2.05, 4.69) is 206 Å². The van der Waals surface area contributed by atoms with E-state index in [1.54, 1.807) is 0 Å². The van der Waals surface area contributed by atoms with Crippen molar-refractivity contribution in [1.82, 2.24) is 19.9 Å². The van der Waals surface area contributed by atoms with Gasteiger partial charge in [0.05, 0.1) is 5.52 Å². The Morgan fingerprint density at radius 1 is 0.242 bits per heavy atom. The van der Waals surface area contributed by atoms with E-state index in [0.717, 1.165) is 66.4 Å². The number of rotatable bonds is 8. The van der Waals surface area contributed by atoms with Crippen LogP contribution in [0.4, 0.5) is 0 Å². The van der Waals surface area contributed by atoms with Crippen LogP contribution in [0.5, 0.6) is 0 Å². The number of fused-ring (bicyclic) bond motifs is 3. The molecule has 11 rings (SSSR count). The lowest BCUT2D eigenvalue weighted by atomic mass is 9.93. The van der Waals surface area contributed by atoms with Crippen LogP contribution in [0, 0.1) is 0 Å². The second kappa shape index (κ2) is 16.0. The maximum Gasteiger partial charge on any atom is 0.164 e. The summed E-state index contributed by atoms with van der Waals surface area (Å²) in [6.45, 7) is 0. The molecule has 0 atom stereocenters. The normalized spacial score (nSPS) is 11.2. The molecule has 0 saturated heterocycles. The molecule has 11 aromatic rings. The highest BCUT2D eigenvalue weighted by atomic mass is 15.0. The molecule has 0 aliphatic rings. The van der Waals surface area contributed by atoms with Crippen LogP contribution < -0.4 is 0 Å². The molecule has 9 aromatic carbocycles. The average molecular weight is 791 g/mol. The molecule has 0 bridgehead atoms. The van der Waals surface area contributed by atoms with Gasteiger partial charge in [0.2, 0.25) is 0 Å². The van der Waals surface area contributed by atoms with Crippen molar-refractivity contribution in [1.29, 1.82) is 0 Å². The van der Waals surface area contributed by atoms with E-state index in [4.69, 9.17) is 19.9 Å². The lowest BCUT2D eigenvalue weighted by Crippen LogP contribution is -2.00. The first kappa shape index (κ1) is 36.7. The molecule has 0 spiro atoms. The zero-order chi connectivity index (χ0) is 41.2. The Labute approximate surface area is 360 Å². The van der Waals surface area contributed by atoms with Crippen LogP contribution in [-0.4, -0.2) is 19.9 Å². The highest BCUT2D eigenvalue weighted by Gasteiger charge is 2.15. The predicted octanol–water partition coefficient (Wildman–Crippen LogP) is 14.9. The third-order valence-corrected chi connectivity index (χ3v) is 11.6. The Hall–Kier alpha value is -8.34. The standard InChI is InChI=1S/C58H38N4/c1-3-11-39(12-4-1)41-26-30-46(31-27-41)56-60-57(47-32-28-42(29-33-47)40-13-5-2-6-14-40)62-58(61-56)51-18-8-16-49(38-51)44-24-22-43(23-25-44)48-15-7-17-50(37-48)52-20-9-21-54-53(52)35-34-45-19-10-36-59-55(45)54/h1-38H. The SMILES string of the molecule is c1ccc(-c2ccc(-c3nc(-c4ccc(-c5ccccc5)cc4)nc(-c4cccc(-c5ccc(-c6cccc(-c7cccc8c7ccc7cccnc78)c6)cc5)c4)n3)cc2)cc1. The minimum atomic E-state index is 0.622. The van der Waals surface area contributed by atoms with Crippen LogP contribution in [0.1, 0.15) is 0 Å². The molecule has 0 radical (unpaired) electrons. The first-order chi connectivity index (χ1) is 30.7. The molecule has 4 nitrogen and oxygen atoms in total. The van der Waals surface area contributed by atoms with Gasteiger partial charge in [0.1, 0.15) is 0 Å². The summed E-state index contributed by atoms with van der Waals surface area (Å²) >= 11 is 0. The summed E-state index contributed by atoms with van der Waals surface area (Å²) in [7, 11) is 0. The van der Waals surface area contributed by atoms with Crippen molar-refractivity contribution in [2.75, 3.05) is 0 Å². The number of aromatic nitrogens is 4. The average Bonchev–Trinajstić information content (AvgIpc) is 3.37. The van der Waals surface area contributed by atoms with E-state index >= 15 is 0 Å². The van der Waals surface area contributed by atoms with Gasteiger partial charge < -0.3 is 0 Å². The molecule has 0 aliphatic carbocycles. The van der Waals surface area contributed by atoms with Crippen molar-refractivity contribution in [2.45, 2.75) is 0 Å². The Kier molecular flexibility index (Phi) is 9.49. The number of pyridine rings is 1. The molecule has 0 saturated carbocycles.